The van der Waals surface area contributed by atoms with E-state index in [0.717, 1.165) is 6.42 Å². The summed E-state index contributed by atoms with van der Waals surface area (Å²) in [5.41, 5.74) is 7.51. The monoisotopic (exact) mass is 578 g/mol. The summed E-state index contributed by atoms with van der Waals surface area (Å²) < 4.78 is 10.7. The Bertz CT molecular complexity index is 1520. The molecule has 0 saturated heterocycles. The Morgan fingerprint density at radius 3 is 1.86 bits per heavy atom. The van der Waals surface area contributed by atoms with E-state index < -0.39 is 10.8 Å². The molecule has 0 amide bonds. The number of hydrogen-bond acceptors (Lipinski definition) is 6. The van der Waals surface area contributed by atoms with Crippen molar-refractivity contribution in [2.45, 2.75) is 49.4 Å². The van der Waals surface area contributed by atoms with Crippen molar-refractivity contribution in [3.05, 3.63) is 113 Å². The van der Waals surface area contributed by atoms with Crippen molar-refractivity contribution in [3.63, 3.8) is 0 Å². The highest BCUT2D eigenvalue weighted by Crippen LogP contribution is 2.64. The standard InChI is InChI=1S/C37H38O6/c38-21-23-42-34(40)17-19-36(30-13-5-1-9-26(30)27-10-2-6-14-31(27)36)25-37(20-18-35(41)43-24-22-39)32-15-7-3-11-28(32)29-12-4-8-16-33(29)37/h1-15,33,38-39H,16-25H2. The number of aliphatic hydroxyl groups is 2. The molecule has 43 heavy (non-hydrogen) atoms. The molecule has 0 aliphatic heterocycles. The predicted molar refractivity (Wildman–Crippen MR) is 165 cm³/mol. The molecule has 0 heterocycles. The zero-order valence-electron chi connectivity index (χ0n) is 24.3. The van der Waals surface area contributed by atoms with Crippen LogP contribution in [0, 0.1) is 5.92 Å². The van der Waals surface area contributed by atoms with Gasteiger partial charge in [-0.25, -0.2) is 0 Å². The van der Waals surface area contributed by atoms with Gasteiger partial charge in [-0.15, -0.1) is 0 Å². The summed E-state index contributed by atoms with van der Waals surface area (Å²) in [5, 5.41) is 18.5. The lowest BCUT2D eigenvalue weighted by atomic mass is 9.57. The second kappa shape index (κ2) is 12.3. The van der Waals surface area contributed by atoms with Crippen molar-refractivity contribution in [1.82, 2.24) is 0 Å². The van der Waals surface area contributed by atoms with Crippen molar-refractivity contribution in [2.24, 2.45) is 5.92 Å². The van der Waals surface area contributed by atoms with Crippen LogP contribution in [0.3, 0.4) is 0 Å². The molecule has 3 aliphatic carbocycles. The second-order valence-corrected chi connectivity index (χ2v) is 11.8. The Balaban J connectivity index is 1.52. The van der Waals surface area contributed by atoms with Crippen LogP contribution in [-0.4, -0.2) is 48.6 Å². The number of hydrogen-bond donors (Lipinski definition) is 2. The molecule has 3 aromatic carbocycles. The highest BCUT2D eigenvalue weighted by Gasteiger charge is 2.55. The molecule has 6 rings (SSSR count). The molecule has 2 atom stereocenters. The molecule has 0 fully saturated rings. The van der Waals surface area contributed by atoms with E-state index in [4.69, 9.17) is 9.47 Å². The SMILES string of the molecule is O=C(CCC1(CC2(CCC(=O)OCCO)c3ccccc3C3=CC=CCC32)c2ccccc2-c2ccccc21)OCCO. The summed E-state index contributed by atoms with van der Waals surface area (Å²) in [4.78, 5) is 25.9. The van der Waals surface area contributed by atoms with Gasteiger partial charge in [0.2, 0.25) is 0 Å². The smallest absolute Gasteiger partial charge is 0.305 e. The molecule has 0 saturated carbocycles. The third-order valence-corrected chi connectivity index (χ3v) is 9.63. The maximum atomic E-state index is 13.0. The minimum absolute atomic E-state index is 0.0135. The van der Waals surface area contributed by atoms with E-state index in [1.54, 1.807) is 0 Å². The number of esters is 2. The summed E-state index contributed by atoms with van der Waals surface area (Å²) in [6.07, 6.45) is 9.64. The minimum Gasteiger partial charge on any atom is -0.463 e. The van der Waals surface area contributed by atoms with E-state index in [9.17, 15) is 19.8 Å². The van der Waals surface area contributed by atoms with Gasteiger partial charge < -0.3 is 19.7 Å². The first-order valence-electron chi connectivity index (χ1n) is 15.2. The van der Waals surface area contributed by atoms with Gasteiger partial charge in [0.1, 0.15) is 13.2 Å². The number of fused-ring (bicyclic) bond motifs is 6. The Labute approximate surface area is 252 Å². The lowest BCUT2D eigenvalue weighted by molar-refractivity contribution is -0.145. The maximum absolute atomic E-state index is 13.0. The summed E-state index contributed by atoms with van der Waals surface area (Å²) in [5.74, 6) is -0.493. The van der Waals surface area contributed by atoms with Crippen LogP contribution < -0.4 is 0 Å². The quantitative estimate of drug-likeness (QED) is 0.261. The molecule has 6 nitrogen and oxygen atoms in total. The number of rotatable bonds is 12. The van der Waals surface area contributed by atoms with E-state index in [1.807, 2.05) is 0 Å². The van der Waals surface area contributed by atoms with Crippen LogP contribution in [-0.2, 0) is 29.9 Å². The van der Waals surface area contributed by atoms with E-state index in [-0.39, 0.29) is 57.1 Å². The highest BCUT2D eigenvalue weighted by molar-refractivity contribution is 5.84. The number of carbonyl (C=O) groups is 2. The molecular weight excluding hydrogens is 540 g/mol. The van der Waals surface area contributed by atoms with Crippen molar-refractivity contribution >= 4 is 17.5 Å². The van der Waals surface area contributed by atoms with E-state index in [0.29, 0.717) is 19.3 Å². The molecule has 0 aromatic heterocycles. The zero-order chi connectivity index (χ0) is 29.9. The number of carbonyl (C=O) groups excluding carboxylic acids is 2. The van der Waals surface area contributed by atoms with Gasteiger partial charge in [0.25, 0.3) is 0 Å². The Hall–Kier alpha value is -4.00. The number of allylic oxidation sites excluding steroid dienone is 4. The summed E-state index contributed by atoms with van der Waals surface area (Å²) in [6, 6.07) is 25.5. The van der Waals surface area contributed by atoms with E-state index >= 15 is 0 Å². The van der Waals surface area contributed by atoms with Crippen LogP contribution in [0.2, 0.25) is 0 Å². The van der Waals surface area contributed by atoms with Gasteiger partial charge in [-0.2, -0.15) is 0 Å². The number of aliphatic hydroxyl groups excluding tert-OH is 2. The van der Waals surface area contributed by atoms with Gasteiger partial charge in [-0.1, -0.05) is 91.0 Å². The van der Waals surface area contributed by atoms with Crippen LogP contribution >= 0.6 is 0 Å². The lowest BCUT2D eigenvalue weighted by Gasteiger charge is -2.45. The maximum Gasteiger partial charge on any atom is 0.305 e. The van der Waals surface area contributed by atoms with Gasteiger partial charge in [0.15, 0.2) is 0 Å². The largest absolute Gasteiger partial charge is 0.463 e. The van der Waals surface area contributed by atoms with Crippen LogP contribution in [0.5, 0.6) is 0 Å². The summed E-state index contributed by atoms with van der Waals surface area (Å²) >= 11 is 0. The fourth-order valence-corrected chi connectivity index (χ4v) is 8.01. The van der Waals surface area contributed by atoms with Gasteiger partial charge in [-0.05, 0) is 70.6 Å². The molecule has 0 spiro atoms. The van der Waals surface area contributed by atoms with E-state index in [1.165, 1.54) is 39.0 Å². The van der Waals surface area contributed by atoms with E-state index in [2.05, 4.69) is 91.0 Å². The number of ether oxygens (including phenoxy) is 2. The van der Waals surface area contributed by atoms with Crippen molar-refractivity contribution in [2.75, 3.05) is 26.4 Å². The molecule has 3 aromatic rings. The normalized spacial score (nSPS) is 20.4. The second-order valence-electron chi connectivity index (χ2n) is 11.8. The fourth-order valence-electron chi connectivity index (χ4n) is 8.01. The average molecular weight is 579 g/mol. The summed E-state index contributed by atoms with van der Waals surface area (Å²) in [6.45, 7) is -0.447. The molecule has 2 unspecified atom stereocenters. The van der Waals surface area contributed by atoms with Gasteiger partial charge >= 0.3 is 11.9 Å². The first-order chi connectivity index (χ1) is 21.0. The molecule has 0 radical (unpaired) electrons. The molecule has 6 heteroatoms. The predicted octanol–water partition coefficient (Wildman–Crippen LogP) is 5.89. The van der Waals surface area contributed by atoms with Gasteiger partial charge in [0.05, 0.1) is 13.2 Å². The molecular formula is C37H38O6. The van der Waals surface area contributed by atoms with Crippen LogP contribution in [0.25, 0.3) is 16.7 Å². The lowest BCUT2D eigenvalue weighted by Crippen LogP contribution is -2.42. The Morgan fingerprint density at radius 1 is 0.721 bits per heavy atom. The van der Waals surface area contributed by atoms with Crippen molar-refractivity contribution in [1.29, 1.82) is 0 Å². The van der Waals surface area contributed by atoms with Crippen LogP contribution in [0.15, 0.2) is 91.0 Å². The van der Waals surface area contributed by atoms with Gasteiger partial charge in [0, 0.05) is 23.7 Å². The first kappa shape index (κ1) is 29.1. The van der Waals surface area contributed by atoms with Crippen molar-refractivity contribution in [3.8, 4) is 11.1 Å². The Morgan fingerprint density at radius 2 is 1.26 bits per heavy atom. The van der Waals surface area contributed by atoms with Crippen LogP contribution in [0.1, 0.15) is 60.8 Å². The zero-order valence-corrected chi connectivity index (χ0v) is 24.3. The number of benzene rings is 3. The third kappa shape index (κ3) is 5.13. The highest BCUT2D eigenvalue weighted by atomic mass is 16.5. The fraction of sp³-hybridized carbons (Fsp3) is 0.351. The summed E-state index contributed by atoms with van der Waals surface area (Å²) in [7, 11) is 0. The van der Waals surface area contributed by atoms with Crippen LogP contribution in [0.4, 0.5) is 0 Å². The topological polar surface area (TPSA) is 93.1 Å². The Kier molecular flexibility index (Phi) is 8.33. The molecule has 2 N–H and O–H groups in total. The molecule has 0 bridgehead atoms. The van der Waals surface area contributed by atoms with Crippen molar-refractivity contribution < 1.29 is 29.3 Å². The third-order valence-electron chi connectivity index (χ3n) is 9.63. The van der Waals surface area contributed by atoms with Gasteiger partial charge in [-0.3, -0.25) is 9.59 Å². The average Bonchev–Trinajstić information content (AvgIpc) is 3.49. The minimum atomic E-state index is -0.524. The molecule has 222 valence electrons. The molecule has 3 aliphatic rings. The first-order valence-corrected chi connectivity index (χ1v) is 15.2.